The summed E-state index contributed by atoms with van der Waals surface area (Å²) in [6.07, 6.45) is -13.2. The predicted octanol–water partition coefficient (Wildman–Crippen LogP) is 4.12. The molecule has 0 rings (SSSR count). The topological polar surface area (TPSA) is 27.7 Å². The molecule has 0 fully saturated rings. The van der Waals surface area contributed by atoms with Crippen LogP contribution in [0.5, 0.6) is 0 Å². The minimum absolute atomic E-state index is 0.476. The van der Waals surface area contributed by atoms with E-state index in [-0.39, 0.29) is 0 Å². The molecule has 0 aromatic rings. The normalized spacial score (nSPS) is 17.6. The van der Waals surface area contributed by atoms with Crippen molar-refractivity contribution in [1.29, 1.82) is 0 Å². The van der Waals surface area contributed by atoms with Gasteiger partial charge in [-0.05, 0) is 20.8 Å². The van der Waals surface area contributed by atoms with Gasteiger partial charge in [0.1, 0.15) is 0 Å². The third-order valence-corrected chi connectivity index (χ3v) is 6.03. The second-order valence-corrected chi connectivity index (χ2v) is 7.27. The lowest BCUT2D eigenvalue weighted by molar-refractivity contribution is -0.272. The van der Waals surface area contributed by atoms with E-state index < -0.39 is 65.0 Å². The van der Waals surface area contributed by atoms with Crippen molar-refractivity contribution >= 4 is 8.80 Å². The molecule has 13 heteroatoms. The first-order valence-corrected chi connectivity index (χ1v) is 9.03. The van der Waals surface area contributed by atoms with Gasteiger partial charge in [0.2, 0.25) is 12.0 Å². The zero-order valence-electron chi connectivity index (χ0n) is 13.6. The SMILES string of the molecule is CCO[Si](OCC)(OCC)[C@H](F)C(F)(F)C(F)(F)[C@@H](F)[C@H](F)C(F)F. The van der Waals surface area contributed by atoms with Crippen LogP contribution in [-0.2, 0) is 13.3 Å². The summed E-state index contributed by atoms with van der Waals surface area (Å²) in [7, 11) is -5.13. The highest BCUT2D eigenvalue weighted by Gasteiger charge is 2.76. The maximum absolute atomic E-state index is 14.4. The Balaban J connectivity index is 5.89. The highest BCUT2D eigenvalue weighted by Crippen LogP contribution is 2.47. The van der Waals surface area contributed by atoms with Crippen LogP contribution in [0.4, 0.5) is 39.5 Å². The predicted molar refractivity (Wildman–Crippen MR) is 71.2 cm³/mol. The molecule has 0 radical (unpaired) electrons. The Bertz CT molecular complexity index is 383. The lowest BCUT2D eigenvalue weighted by Gasteiger charge is -2.38. The zero-order chi connectivity index (χ0) is 20.1. The van der Waals surface area contributed by atoms with E-state index in [1.807, 2.05) is 0 Å². The Morgan fingerprint density at radius 2 is 1.08 bits per heavy atom. The van der Waals surface area contributed by atoms with Gasteiger partial charge in [-0.25, -0.2) is 22.0 Å². The molecular weight excluding hydrogens is 391 g/mol. The fraction of sp³-hybridized carbons (Fsp3) is 1.00. The minimum atomic E-state index is -6.11. The van der Waals surface area contributed by atoms with E-state index in [9.17, 15) is 39.5 Å². The van der Waals surface area contributed by atoms with Crippen molar-refractivity contribution in [3.8, 4) is 0 Å². The van der Waals surface area contributed by atoms with Crippen LogP contribution >= 0.6 is 0 Å². The molecule has 0 bridgehead atoms. The van der Waals surface area contributed by atoms with Gasteiger partial charge in [-0.1, -0.05) is 0 Å². The van der Waals surface area contributed by atoms with Gasteiger partial charge in [0.05, 0.1) is 0 Å². The molecule has 0 heterocycles. The number of hydrogen-bond donors (Lipinski definition) is 0. The lowest BCUT2D eigenvalue weighted by Crippen LogP contribution is -2.68. The van der Waals surface area contributed by atoms with Crippen molar-refractivity contribution in [1.82, 2.24) is 0 Å². The third kappa shape index (κ3) is 5.01. The van der Waals surface area contributed by atoms with E-state index in [1.54, 1.807) is 0 Å². The maximum atomic E-state index is 14.4. The molecule has 0 N–H and O–H groups in total. The smallest absolute Gasteiger partial charge is 0.372 e. The van der Waals surface area contributed by atoms with E-state index in [0.29, 0.717) is 0 Å². The molecule has 0 aromatic carbocycles. The summed E-state index contributed by atoms with van der Waals surface area (Å²) in [6.45, 7) is 2.18. The summed E-state index contributed by atoms with van der Waals surface area (Å²) in [6, 6.07) is 0. The fourth-order valence-corrected chi connectivity index (χ4v) is 4.38. The van der Waals surface area contributed by atoms with Gasteiger partial charge in [-0.3, -0.25) is 0 Å². The first-order chi connectivity index (χ1) is 11.4. The van der Waals surface area contributed by atoms with Crippen molar-refractivity contribution in [2.75, 3.05) is 19.8 Å². The molecule has 0 aliphatic carbocycles. The summed E-state index contributed by atoms with van der Waals surface area (Å²) in [5.41, 5.74) is 0. The Hall–Kier alpha value is -0.533. The van der Waals surface area contributed by atoms with E-state index in [1.165, 1.54) is 20.8 Å². The molecule has 0 saturated heterocycles. The van der Waals surface area contributed by atoms with Crippen LogP contribution in [0.15, 0.2) is 0 Å². The van der Waals surface area contributed by atoms with Gasteiger partial charge in [-0.15, -0.1) is 0 Å². The quantitative estimate of drug-likeness (QED) is 0.358. The average Bonchev–Trinajstić information content (AvgIpc) is 2.52. The maximum Gasteiger partial charge on any atom is 0.543 e. The molecule has 0 amide bonds. The molecule has 0 aliphatic rings. The molecule has 3 atom stereocenters. The summed E-state index contributed by atoms with van der Waals surface area (Å²) < 4.78 is 134. The van der Waals surface area contributed by atoms with Crippen molar-refractivity contribution < 1.29 is 52.8 Å². The molecule has 152 valence electrons. The Morgan fingerprint density at radius 1 is 0.720 bits per heavy atom. The Morgan fingerprint density at radius 3 is 1.36 bits per heavy atom. The molecule has 0 aromatic heterocycles. The molecule has 0 spiro atoms. The summed E-state index contributed by atoms with van der Waals surface area (Å²) in [5.74, 6) is -16.1. The highest BCUT2D eigenvalue weighted by molar-refractivity contribution is 6.62. The first kappa shape index (κ1) is 24.5. The number of hydrogen-bond acceptors (Lipinski definition) is 3. The van der Waals surface area contributed by atoms with Crippen molar-refractivity contribution in [3.05, 3.63) is 0 Å². The number of halogens is 9. The van der Waals surface area contributed by atoms with E-state index >= 15 is 0 Å². The molecule has 0 saturated carbocycles. The van der Waals surface area contributed by atoms with Gasteiger partial charge >= 0.3 is 20.6 Å². The van der Waals surface area contributed by atoms with Crippen LogP contribution in [0.2, 0.25) is 0 Å². The van der Waals surface area contributed by atoms with Crippen molar-refractivity contribution in [2.24, 2.45) is 0 Å². The van der Waals surface area contributed by atoms with Crippen LogP contribution < -0.4 is 0 Å². The molecular formula is C12H19F9O3Si. The summed E-state index contributed by atoms with van der Waals surface area (Å²) >= 11 is 0. The monoisotopic (exact) mass is 410 g/mol. The average molecular weight is 410 g/mol. The largest absolute Gasteiger partial charge is 0.543 e. The second kappa shape index (κ2) is 9.42. The Kier molecular flexibility index (Phi) is 9.22. The van der Waals surface area contributed by atoms with E-state index in [4.69, 9.17) is 0 Å². The first-order valence-electron chi connectivity index (χ1n) is 7.23. The standard InChI is InChI=1S/C12H19F9O3Si/c1-4-22-25(23-5-2,24-6-3)10(17)12(20,21)11(18,19)8(14)7(13)9(15)16/h7-10H,4-6H2,1-3H3/t7-,8-,10-/m0/s1. The van der Waals surface area contributed by atoms with Gasteiger partial charge in [-0.2, -0.15) is 17.6 Å². The summed E-state index contributed by atoms with van der Waals surface area (Å²) in [4.78, 5) is 0. The second-order valence-electron chi connectivity index (χ2n) is 4.69. The number of alkyl halides is 9. The highest BCUT2D eigenvalue weighted by atomic mass is 28.4. The van der Waals surface area contributed by atoms with Gasteiger partial charge in [0.25, 0.3) is 6.43 Å². The number of rotatable bonds is 12. The third-order valence-electron chi connectivity index (χ3n) is 2.98. The van der Waals surface area contributed by atoms with Gasteiger partial charge in [0.15, 0.2) is 6.17 Å². The zero-order valence-corrected chi connectivity index (χ0v) is 14.6. The van der Waals surface area contributed by atoms with E-state index in [0.717, 1.165) is 0 Å². The minimum Gasteiger partial charge on any atom is -0.372 e. The fourth-order valence-electron chi connectivity index (χ4n) is 1.85. The van der Waals surface area contributed by atoms with Crippen LogP contribution in [0, 0.1) is 0 Å². The van der Waals surface area contributed by atoms with Gasteiger partial charge in [0, 0.05) is 19.8 Å². The Labute approximate surface area is 139 Å². The van der Waals surface area contributed by atoms with Crippen LogP contribution in [-0.4, -0.2) is 65.0 Å². The van der Waals surface area contributed by atoms with Crippen LogP contribution in [0.1, 0.15) is 20.8 Å². The molecule has 25 heavy (non-hydrogen) atoms. The molecule has 3 nitrogen and oxygen atoms in total. The van der Waals surface area contributed by atoms with Gasteiger partial charge < -0.3 is 13.3 Å². The van der Waals surface area contributed by atoms with Crippen molar-refractivity contribution in [2.45, 2.75) is 57.2 Å². The van der Waals surface area contributed by atoms with E-state index in [2.05, 4.69) is 13.3 Å². The van der Waals surface area contributed by atoms with Crippen molar-refractivity contribution in [3.63, 3.8) is 0 Å². The molecule has 0 aliphatic heterocycles. The molecule has 0 unspecified atom stereocenters. The lowest BCUT2D eigenvalue weighted by atomic mass is 10.0. The summed E-state index contributed by atoms with van der Waals surface area (Å²) in [5, 5.41) is 0. The van der Waals surface area contributed by atoms with Crippen LogP contribution in [0.25, 0.3) is 0 Å². The van der Waals surface area contributed by atoms with Crippen LogP contribution in [0.3, 0.4) is 0 Å².